The molecule has 0 spiro atoms. The Bertz CT molecular complexity index is 1060. The first kappa shape index (κ1) is 30.6. The van der Waals surface area contributed by atoms with Gasteiger partial charge in [0.1, 0.15) is 11.9 Å². The highest BCUT2D eigenvalue weighted by Gasteiger charge is 2.66. The smallest absolute Gasteiger partial charge is 0.309 e. The molecule has 38 heavy (non-hydrogen) atoms. The number of hydrogen-bond donors (Lipinski definition) is 1. The molecule has 3 rings (SSSR count). The minimum absolute atomic E-state index is 0.00953. The lowest BCUT2D eigenvalue weighted by Gasteiger charge is -2.66. The van der Waals surface area contributed by atoms with Gasteiger partial charge in [0, 0.05) is 18.3 Å². The summed E-state index contributed by atoms with van der Waals surface area (Å²) in [5.41, 5.74) is -2.13. The summed E-state index contributed by atoms with van der Waals surface area (Å²) in [4.78, 5) is 39.1. The van der Waals surface area contributed by atoms with E-state index in [0.29, 0.717) is 32.1 Å². The highest BCUT2D eigenvalue weighted by molar-refractivity contribution is 6.04. The molecule has 0 unspecified atom stereocenters. The van der Waals surface area contributed by atoms with Gasteiger partial charge in [0.15, 0.2) is 5.78 Å². The maximum atomic E-state index is 13.4. The van der Waals surface area contributed by atoms with Gasteiger partial charge in [-0.1, -0.05) is 67.9 Å². The number of carbonyl (C=O) groups excluding carboxylic acids is 2. The number of ketones is 2. The molecule has 6 atom stereocenters. The number of allylic oxidation sites excluding steroid dienone is 2. The summed E-state index contributed by atoms with van der Waals surface area (Å²) in [6, 6.07) is 2.16. The Morgan fingerprint density at radius 1 is 1.05 bits per heavy atom. The van der Waals surface area contributed by atoms with Crippen molar-refractivity contribution >= 4 is 17.5 Å². The number of hydrogen-bond acceptors (Lipinski definition) is 4. The third-order valence-electron chi connectivity index (χ3n) is 11.9. The zero-order chi connectivity index (χ0) is 28.9. The van der Waals surface area contributed by atoms with E-state index in [1.54, 1.807) is 0 Å². The summed E-state index contributed by atoms with van der Waals surface area (Å²) in [6.07, 6.45) is 9.48. The molecule has 2 saturated carbocycles. The molecule has 0 saturated heterocycles. The molecule has 0 amide bonds. The standard InChI is InChI=1S/C33H51NO4/c1-10-12-28(2,3)14-15-30(6,27(37)38)16-17-31(7)20-23(35)18-25-32(8)19-22(21-34)26(36)29(4,5)24(32)11-13-33(25,31)9/h19,24-25H,10-18,20H2,1-9H3,(H,37,38)/t24-,25+,30-,31+,32-,33+/m0/s1. The van der Waals surface area contributed by atoms with Crippen LogP contribution >= 0.6 is 0 Å². The van der Waals surface area contributed by atoms with Gasteiger partial charge < -0.3 is 5.11 Å². The van der Waals surface area contributed by atoms with Gasteiger partial charge in [-0.15, -0.1) is 0 Å². The summed E-state index contributed by atoms with van der Waals surface area (Å²) >= 11 is 0. The average Bonchev–Trinajstić information content (AvgIpc) is 2.80. The Labute approximate surface area is 230 Å². The third-order valence-corrected chi connectivity index (χ3v) is 11.9. The average molecular weight is 526 g/mol. The van der Waals surface area contributed by atoms with Gasteiger partial charge in [0.05, 0.1) is 11.0 Å². The highest BCUT2D eigenvalue weighted by atomic mass is 16.4. The van der Waals surface area contributed by atoms with Crippen LogP contribution < -0.4 is 0 Å². The Morgan fingerprint density at radius 2 is 1.68 bits per heavy atom. The fourth-order valence-electron chi connectivity index (χ4n) is 8.95. The predicted molar refractivity (Wildman–Crippen MR) is 150 cm³/mol. The molecule has 2 fully saturated rings. The minimum Gasteiger partial charge on any atom is -0.481 e. The Morgan fingerprint density at radius 3 is 2.24 bits per heavy atom. The van der Waals surface area contributed by atoms with E-state index in [1.807, 2.05) is 26.8 Å². The van der Waals surface area contributed by atoms with Gasteiger partial charge in [0.25, 0.3) is 0 Å². The number of Topliss-reactive ketones (excluding diaryl/α,β-unsaturated/α-hetero) is 2. The second-order valence-corrected chi connectivity index (χ2v) is 15.4. The van der Waals surface area contributed by atoms with Gasteiger partial charge in [-0.3, -0.25) is 14.4 Å². The monoisotopic (exact) mass is 525 g/mol. The van der Waals surface area contributed by atoms with Crippen LogP contribution in [-0.4, -0.2) is 22.6 Å². The number of carboxylic acids is 1. The van der Waals surface area contributed by atoms with Crippen LogP contribution in [0.5, 0.6) is 0 Å². The van der Waals surface area contributed by atoms with E-state index in [9.17, 15) is 24.8 Å². The van der Waals surface area contributed by atoms with Gasteiger partial charge in [0.2, 0.25) is 0 Å². The van der Waals surface area contributed by atoms with E-state index >= 15 is 0 Å². The molecular formula is C33H51NO4. The van der Waals surface area contributed by atoms with Gasteiger partial charge >= 0.3 is 5.97 Å². The van der Waals surface area contributed by atoms with E-state index < -0.39 is 22.2 Å². The number of rotatable bonds is 9. The Balaban J connectivity index is 1.96. The van der Waals surface area contributed by atoms with E-state index in [1.165, 1.54) is 0 Å². The van der Waals surface area contributed by atoms with Crippen molar-refractivity contribution in [3.63, 3.8) is 0 Å². The molecule has 5 heteroatoms. The lowest BCUT2D eigenvalue weighted by atomic mass is 9.37. The molecule has 1 N–H and O–H groups in total. The summed E-state index contributed by atoms with van der Waals surface area (Å²) in [7, 11) is 0. The molecule has 0 aliphatic heterocycles. The van der Waals surface area contributed by atoms with Crippen LogP contribution in [0.2, 0.25) is 0 Å². The maximum absolute atomic E-state index is 13.4. The van der Waals surface area contributed by atoms with Crippen LogP contribution in [0.1, 0.15) is 127 Å². The van der Waals surface area contributed by atoms with Crippen LogP contribution in [-0.2, 0) is 14.4 Å². The number of carbonyl (C=O) groups is 3. The van der Waals surface area contributed by atoms with E-state index in [2.05, 4.69) is 47.6 Å². The van der Waals surface area contributed by atoms with Crippen molar-refractivity contribution < 1.29 is 19.5 Å². The normalized spacial score (nSPS) is 36.4. The number of fused-ring (bicyclic) bond motifs is 3. The summed E-state index contributed by atoms with van der Waals surface area (Å²) in [5.74, 6) is -0.533. The van der Waals surface area contributed by atoms with Gasteiger partial charge in [-0.2, -0.15) is 5.26 Å². The zero-order valence-electron chi connectivity index (χ0n) is 25.4. The second-order valence-electron chi connectivity index (χ2n) is 15.4. The van der Waals surface area contributed by atoms with Crippen LogP contribution in [0, 0.1) is 55.7 Å². The number of carboxylic acid groups (broad SMARTS) is 1. The molecular weight excluding hydrogens is 474 g/mol. The van der Waals surface area contributed by atoms with Crippen LogP contribution in [0.25, 0.3) is 0 Å². The summed E-state index contributed by atoms with van der Waals surface area (Å²) in [5, 5.41) is 20.1. The molecule has 212 valence electrons. The first-order valence-corrected chi connectivity index (χ1v) is 14.7. The Kier molecular flexibility index (Phi) is 7.97. The van der Waals surface area contributed by atoms with Crippen molar-refractivity contribution in [2.45, 2.75) is 127 Å². The van der Waals surface area contributed by atoms with Gasteiger partial charge in [-0.25, -0.2) is 0 Å². The fourth-order valence-corrected chi connectivity index (χ4v) is 8.95. The quantitative estimate of drug-likeness (QED) is 0.330. The Hall–Kier alpha value is -1.96. The zero-order valence-corrected chi connectivity index (χ0v) is 25.4. The number of aliphatic carboxylic acids is 1. The molecule has 0 aromatic heterocycles. The third kappa shape index (κ3) is 4.90. The molecule has 3 aliphatic carbocycles. The van der Waals surface area contributed by atoms with Crippen molar-refractivity contribution in [1.29, 1.82) is 5.26 Å². The predicted octanol–water partition coefficient (Wildman–Crippen LogP) is 7.93. The van der Waals surface area contributed by atoms with Crippen LogP contribution in [0.3, 0.4) is 0 Å². The lowest BCUT2D eigenvalue weighted by Crippen LogP contribution is -2.62. The molecule has 3 aliphatic rings. The highest BCUT2D eigenvalue weighted by Crippen LogP contribution is 2.70. The molecule has 0 heterocycles. The topological polar surface area (TPSA) is 95.2 Å². The minimum atomic E-state index is -0.839. The van der Waals surface area contributed by atoms with Crippen molar-refractivity contribution in [3.05, 3.63) is 11.6 Å². The number of nitrogens with zero attached hydrogens (tertiary/aromatic N) is 1. The van der Waals surface area contributed by atoms with E-state index in [4.69, 9.17) is 0 Å². The number of nitriles is 1. The fraction of sp³-hybridized carbons (Fsp3) is 0.818. The molecule has 0 bridgehead atoms. The lowest BCUT2D eigenvalue weighted by molar-refractivity contribution is -0.175. The van der Waals surface area contributed by atoms with Crippen LogP contribution in [0.4, 0.5) is 0 Å². The van der Waals surface area contributed by atoms with E-state index in [0.717, 1.165) is 32.1 Å². The van der Waals surface area contributed by atoms with Crippen molar-refractivity contribution in [3.8, 4) is 6.07 Å². The molecule has 0 aromatic carbocycles. The van der Waals surface area contributed by atoms with Crippen molar-refractivity contribution in [2.24, 2.45) is 44.3 Å². The summed E-state index contributed by atoms with van der Waals surface area (Å²) < 4.78 is 0. The first-order chi connectivity index (χ1) is 17.3. The largest absolute Gasteiger partial charge is 0.481 e. The maximum Gasteiger partial charge on any atom is 0.309 e. The van der Waals surface area contributed by atoms with Crippen LogP contribution in [0.15, 0.2) is 11.6 Å². The van der Waals surface area contributed by atoms with Gasteiger partial charge in [-0.05, 0) is 85.4 Å². The van der Waals surface area contributed by atoms with E-state index in [-0.39, 0.29) is 45.2 Å². The van der Waals surface area contributed by atoms with Crippen molar-refractivity contribution in [2.75, 3.05) is 0 Å². The summed E-state index contributed by atoms with van der Waals surface area (Å²) in [6.45, 7) is 19.1. The van der Waals surface area contributed by atoms with Crippen molar-refractivity contribution in [1.82, 2.24) is 0 Å². The molecule has 0 aromatic rings. The first-order valence-electron chi connectivity index (χ1n) is 14.7. The second kappa shape index (κ2) is 9.90. The molecule has 5 nitrogen and oxygen atoms in total. The SMILES string of the molecule is CCCC(C)(C)CC[C@@](C)(CC[C@]1(C)CC(=O)C[C@@H]2[C@@]3(C)C=C(C#N)C(=O)C(C)(C)[C@@H]3CC[C@]21C)C(=O)O. The molecule has 0 radical (unpaired) electrons.